The third-order valence-corrected chi connectivity index (χ3v) is 6.92. The summed E-state index contributed by atoms with van der Waals surface area (Å²) < 4.78 is 28.3. The van der Waals surface area contributed by atoms with Crippen LogP contribution in [0.3, 0.4) is 0 Å². The Morgan fingerprint density at radius 3 is 2.21 bits per heavy atom. The SMILES string of the molecule is CCc1ccc(C2CNCCN2S(=O)(=O)c2ccc(CN(C)C)cc2)cc1.Cl. The van der Waals surface area contributed by atoms with Gasteiger partial charge in [-0.2, -0.15) is 4.31 Å². The van der Waals surface area contributed by atoms with E-state index in [1.807, 2.05) is 26.2 Å². The smallest absolute Gasteiger partial charge is 0.243 e. The van der Waals surface area contributed by atoms with Crippen molar-refractivity contribution in [2.75, 3.05) is 33.7 Å². The van der Waals surface area contributed by atoms with Crippen LogP contribution in [0.1, 0.15) is 29.7 Å². The van der Waals surface area contributed by atoms with Gasteiger partial charge in [-0.15, -0.1) is 12.4 Å². The molecule has 1 atom stereocenters. The second-order valence-corrected chi connectivity index (χ2v) is 9.20. The molecule has 1 aliphatic heterocycles. The number of nitrogens with zero attached hydrogens (tertiary/aromatic N) is 2. The molecule has 0 spiro atoms. The van der Waals surface area contributed by atoms with Crippen LogP contribution in [-0.4, -0.2) is 51.4 Å². The van der Waals surface area contributed by atoms with Gasteiger partial charge in [0.05, 0.1) is 10.9 Å². The zero-order chi connectivity index (χ0) is 19.4. The van der Waals surface area contributed by atoms with Crippen molar-refractivity contribution in [2.45, 2.75) is 30.8 Å². The van der Waals surface area contributed by atoms with Crippen molar-refractivity contribution in [3.8, 4) is 0 Å². The number of piperazine rings is 1. The molecule has 1 aliphatic rings. The molecular formula is C21H30ClN3O2S. The maximum Gasteiger partial charge on any atom is 0.243 e. The Bertz CT molecular complexity index is 852. The highest BCUT2D eigenvalue weighted by Crippen LogP contribution is 2.29. The Morgan fingerprint density at radius 1 is 1.04 bits per heavy atom. The van der Waals surface area contributed by atoms with E-state index in [0.717, 1.165) is 24.1 Å². The number of sulfonamides is 1. The van der Waals surface area contributed by atoms with Crippen molar-refractivity contribution in [1.29, 1.82) is 0 Å². The molecule has 0 saturated carbocycles. The van der Waals surface area contributed by atoms with Gasteiger partial charge in [0.1, 0.15) is 0 Å². The second-order valence-electron chi connectivity index (χ2n) is 7.31. The predicted molar refractivity (Wildman–Crippen MR) is 116 cm³/mol. The van der Waals surface area contributed by atoms with Crippen LogP contribution in [0.4, 0.5) is 0 Å². The fraction of sp³-hybridized carbons (Fsp3) is 0.429. The van der Waals surface area contributed by atoms with E-state index < -0.39 is 10.0 Å². The van der Waals surface area contributed by atoms with Crippen molar-refractivity contribution in [1.82, 2.24) is 14.5 Å². The molecule has 0 radical (unpaired) electrons. The quantitative estimate of drug-likeness (QED) is 0.775. The summed E-state index contributed by atoms with van der Waals surface area (Å²) in [5.74, 6) is 0. The number of hydrogen-bond acceptors (Lipinski definition) is 4. The molecule has 0 amide bonds. The Labute approximate surface area is 175 Å². The second kappa shape index (κ2) is 9.85. The van der Waals surface area contributed by atoms with Crippen molar-refractivity contribution < 1.29 is 8.42 Å². The lowest BCUT2D eigenvalue weighted by atomic mass is 10.0. The van der Waals surface area contributed by atoms with Crippen molar-refractivity contribution in [3.05, 3.63) is 65.2 Å². The number of aryl methyl sites for hydroxylation is 1. The summed E-state index contributed by atoms with van der Waals surface area (Å²) in [5, 5.41) is 3.33. The monoisotopic (exact) mass is 423 g/mol. The van der Waals surface area contributed by atoms with E-state index in [-0.39, 0.29) is 18.4 Å². The highest BCUT2D eigenvalue weighted by molar-refractivity contribution is 7.89. The van der Waals surface area contributed by atoms with Gasteiger partial charge in [0.2, 0.25) is 10.0 Å². The van der Waals surface area contributed by atoms with Crippen LogP contribution in [0.25, 0.3) is 0 Å². The summed E-state index contributed by atoms with van der Waals surface area (Å²) in [4.78, 5) is 2.43. The van der Waals surface area contributed by atoms with E-state index in [9.17, 15) is 8.42 Å². The molecule has 1 heterocycles. The van der Waals surface area contributed by atoms with E-state index in [2.05, 4.69) is 41.4 Å². The average molecular weight is 424 g/mol. The van der Waals surface area contributed by atoms with Gasteiger partial charge >= 0.3 is 0 Å². The molecular weight excluding hydrogens is 394 g/mol. The van der Waals surface area contributed by atoms with Gasteiger partial charge in [-0.3, -0.25) is 0 Å². The summed E-state index contributed by atoms with van der Waals surface area (Å²) in [7, 11) is 0.459. The maximum absolute atomic E-state index is 13.3. The minimum Gasteiger partial charge on any atom is -0.313 e. The van der Waals surface area contributed by atoms with E-state index in [1.165, 1.54) is 5.56 Å². The molecule has 0 bridgehead atoms. The molecule has 28 heavy (non-hydrogen) atoms. The van der Waals surface area contributed by atoms with Gasteiger partial charge < -0.3 is 10.2 Å². The van der Waals surface area contributed by atoms with Gasteiger partial charge in [-0.25, -0.2) is 8.42 Å². The topological polar surface area (TPSA) is 52.7 Å². The molecule has 1 saturated heterocycles. The average Bonchev–Trinajstić information content (AvgIpc) is 2.68. The van der Waals surface area contributed by atoms with Crippen molar-refractivity contribution >= 4 is 22.4 Å². The molecule has 0 aromatic heterocycles. The minimum atomic E-state index is -3.54. The molecule has 3 rings (SSSR count). The lowest BCUT2D eigenvalue weighted by molar-refractivity contribution is 0.271. The van der Waals surface area contributed by atoms with E-state index in [4.69, 9.17) is 0 Å². The molecule has 2 aromatic carbocycles. The first-order valence-electron chi connectivity index (χ1n) is 9.47. The highest BCUT2D eigenvalue weighted by atomic mass is 35.5. The van der Waals surface area contributed by atoms with E-state index in [0.29, 0.717) is 24.5 Å². The summed E-state index contributed by atoms with van der Waals surface area (Å²) >= 11 is 0. The zero-order valence-electron chi connectivity index (χ0n) is 16.8. The van der Waals surface area contributed by atoms with E-state index >= 15 is 0 Å². The lowest BCUT2D eigenvalue weighted by Gasteiger charge is -2.35. The number of rotatable bonds is 6. The minimum absolute atomic E-state index is 0. The number of nitrogens with one attached hydrogen (secondary N) is 1. The van der Waals surface area contributed by atoms with Crippen LogP contribution in [0, 0.1) is 0 Å². The van der Waals surface area contributed by atoms with Crippen LogP contribution < -0.4 is 5.32 Å². The number of hydrogen-bond donors (Lipinski definition) is 1. The standard InChI is InChI=1S/C21H29N3O2S.ClH/c1-4-17-5-9-19(10-6-17)21-15-22-13-14-24(21)27(25,26)20-11-7-18(8-12-20)16-23(2)3;/h5-12,21-22H,4,13-16H2,1-3H3;1H. The third-order valence-electron chi connectivity index (χ3n) is 5.00. The van der Waals surface area contributed by atoms with Crippen molar-refractivity contribution in [2.24, 2.45) is 0 Å². The van der Waals surface area contributed by atoms with Crippen LogP contribution in [0.5, 0.6) is 0 Å². The first kappa shape index (κ1) is 22.8. The predicted octanol–water partition coefficient (Wildman–Crippen LogP) is 3.07. The van der Waals surface area contributed by atoms with Crippen molar-refractivity contribution in [3.63, 3.8) is 0 Å². The zero-order valence-corrected chi connectivity index (χ0v) is 18.4. The van der Waals surface area contributed by atoms with Gasteiger partial charge in [0.25, 0.3) is 0 Å². The Kier molecular flexibility index (Phi) is 8.04. The Morgan fingerprint density at radius 2 is 1.64 bits per heavy atom. The molecule has 1 unspecified atom stereocenters. The normalized spacial score (nSPS) is 18.1. The third kappa shape index (κ3) is 5.13. The summed E-state index contributed by atoms with van der Waals surface area (Å²) in [6.07, 6.45) is 0.977. The van der Waals surface area contributed by atoms with Crippen LogP contribution >= 0.6 is 12.4 Å². The fourth-order valence-electron chi connectivity index (χ4n) is 3.50. The molecule has 0 aliphatic carbocycles. The molecule has 7 heteroatoms. The van der Waals surface area contributed by atoms with Gasteiger partial charge in [0, 0.05) is 26.2 Å². The Balaban J connectivity index is 0.00000280. The van der Waals surface area contributed by atoms with Crippen LogP contribution in [-0.2, 0) is 23.0 Å². The highest BCUT2D eigenvalue weighted by Gasteiger charge is 2.34. The molecule has 1 fully saturated rings. The molecule has 5 nitrogen and oxygen atoms in total. The number of halogens is 1. The lowest BCUT2D eigenvalue weighted by Crippen LogP contribution is -2.48. The summed E-state index contributed by atoms with van der Waals surface area (Å²) in [6, 6.07) is 15.4. The first-order chi connectivity index (χ1) is 12.9. The summed E-state index contributed by atoms with van der Waals surface area (Å²) in [5.41, 5.74) is 3.39. The first-order valence-corrected chi connectivity index (χ1v) is 10.9. The van der Waals surface area contributed by atoms with E-state index in [1.54, 1.807) is 16.4 Å². The Hall–Kier alpha value is -1.44. The molecule has 1 N–H and O–H groups in total. The molecule has 154 valence electrons. The summed E-state index contributed by atoms with van der Waals surface area (Å²) in [6.45, 7) is 4.68. The largest absolute Gasteiger partial charge is 0.313 e. The fourth-order valence-corrected chi connectivity index (χ4v) is 5.11. The van der Waals surface area contributed by atoms with Gasteiger partial charge in [0.15, 0.2) is 0 Å². The van der Waals surface area contributed by atoms with Gasteiger partial charge in [-0.05, 0) is 49.3 Å². The van der Waals surface area contributed by atoms with Gasteiger partial charge in [-0.1, -0.05) is 43.3 Å². The maximum atomic E-state index is 13.3. The van der Waals surface area contributed by atoms with Crippen LogP contribution in [0.15, 0.2) is 53.4 Å². The molecule has 2 aromatic rings. The number of benzene rings is 2. The van der Waals surface area contributed by atoms with Crippen LogP contribution in [0.2, 0.25) is 0 Å².